The topological polar surface area (TPSA) is 40.5 Å². The zero-order chi connectivity index (χ0) is 13.1. The van der Waals surface area contributed by atoms with Gasteiger partial charge in [0.1, 0.15) is 0 Å². The Hall–Kier alpha value is -1.49. The number of halogens is 2. The smallest absolute Gasteiger partial charge is 0.303 e. The molecule has 98 valence electrons. The third-order valence-electron chi connectivity index (χ3n) is 3.11. The lowest BCUT2D eigenvalue weighted by molar-refractivity contribution is -0.139. The van der Waals surface area contributed by atoms with Crippen LogP contribution in [0.5, 0.6) is 0 Å². The van der Waals surface area contributed by atoms with Crippen LogP contribution in [0.4, 0.5) is 8.78 Å². The number of likely N-dealkylation sites (tertiary alicyclic amines) is 1. The minimum Gasteiger partial charge on any atom is -0.481 e. The van der Waals surface area contributed by atoms with Gasteiger partial charge in [-0.3, -0.25) is 9.69 Å². The van der Waals surface area contributed by atoms with Gasteiger partial charge in [0.15, 0.2) is 0 Å². The van der Waals surface area contributed by atoms with Gasteiger partial charge in [0.2, 0.25) is 0 Å². The highest BCUT2D eigenvalue weighted by Crippen LogP contribution is 2.24. The van der Waals surface area contributed by atoms with Crippen molar-refractivity contribution in [3.05, 3.63) is 35.4 Å². The van der Waals surface area contributed by atoms with Crippen molar-refractivity contribution in [2.75, 3.05) is 13.1 Å². The molecular weight excluding hydrogens is 240 g/mol. The molecule has 1 aromatic rings. The van der Waals surface area contributed by atoms with Crippen LogP contribution in [0.3, 0.4) is 0 Å². The van der Waals surface area contributed by atoms with Crippen molar-refractivity contribution in [1.82, 2.24) is 4.90 Å². The van der Waals surface area contributed by atoms with Crippen molar-refractivity contribution in [2.45, 2.75) is 19.4 Å². The molecule has 0 unspecified atom stereocenters. The van der Waals surface area contributed by atoms with Crippen LogP contribution < -0.4 is 0 Å². The van der Waals surface area contributed by atoms with Crippen LogP contribution in [-0.2, 0) is 11.3 Å². The minimum absolute atomic E-state index is 0.0371. The molecule has 0 atom stereocenters. The number of carboxylic acid groups (broad SMARTS) is 1. The summed E-state index contributed by atoms with van der Waals surface area (Å²) in [5.41, 5.74) is 0.886. The number of alkyl halides is 2. The van der Waals surface area contributed by atoms with E-state index < -0.39 is 12.4 Å². The first-order chi connectivity index (χ1) is 8.54. The molecule has 0 radical (unpaired) electrons. The van der Waals surface area contributed by atoms with E-state index in [-0.39, 0.29) is 17.9 Å². The summed E-state index contributed by atoms with van der Waals surface area (Å²) in [4.78, 5) is 12.6. The molecule has 5 heteroatoms. The summed E-state index contributed by atoms with van der Waals surface area (Å²) in [6, 6.07) is 6.37. The van der Waals surface area contributed by atoms with E-state index in [0.717, 1.165) is 18.7 Å². The second kappa shape index (κ2) is 5.44. The Bertz CT molecular complexity index is 431. The third kappa shape index (κ3) is 3.26. The van der Waals surface area contributed by atoms with E-state index in [4.69, 9.17) is 5.11 Å². The molecule has 3 nitrogen and oxygen atoms in total. The number of carbonyl (C=O) groups is 1. The Balaban J connectivity index is 1.85. The number of nitrogens with zero attached hydrogens (tertiary/aromatic N) is 1. The molecule has 1 aromatic carbocycles. The van der Waals surface area contributed by atoms with Gasteiger partial charge in [-0.1, -0.05) is 18.2 Å². The van der Waals surface area contributed by atoms with Crippen LogP contribution in [0.2, 0.25) is 0 Å². The van der Waals surface area contributed by atoms with E-state index >= 15 is 0 Å². The molecule has 0 spiro atoms. The first-order valence-corrected chi connectivity index (χ1v) is 5.85. The lowest BCUT2D eigenvalue weighted by atomic mass is 9.95. The molecule has 0 amide bonds. The molecule has 1 saturated heterocycles. The summed E-state index contributed by atoms with van der Waals surface area (Å²) in [7, 11) is 0. The quantitative estimate of drug-likeness (QED) is 0.879. The van der Waals surface area contributed by atoms with Crippen LogP contribution in [0.1, 0.15) is 24.0 Å². The summed E-state index contributed by atoms with van der Waals surface area (Å²) in [5.74, 6) is -0.583. The Morgan fingerprint density at radius 1 is 1.44 bits per heavy atom. The minimum atomic E-state index is -2.44. The summed E-state index contributed by atoms with van der Waals surface area (Å²) in [6.07, 6.45) is -2.26. The fourth-order valence-electron chi connectivity index (χ4n) is 2.27. The molecule has 18 heavy (non-hydrogen) atoms. The highest BCUT2D eigenvalue weighted by Gasteiger charge is 2.28. The van der Waals surface area contributed by atoms with Gasteiger partial charge in [0, 0.05) is 25.2 Å². The number of carboxylic acids is 1. The number of hydrogen-bond donors (Lipinski definition) is 1. The van der Waals surface area contributed by atoms with Crippen LogP contribution in [0, 0.1) is 5.92 Å². The molecule has 0 aromatic heterocycles. The van der Waals surface area contributed by atoms with Gasteiger partial charge in [-0.05, 0) is 17.5 Å². The molecule has 0 bridgehead atoms. The van der Waals surface area contributed by atoms with Crippen LogP contribution in [0.25, 0.3) is 0 Å². The Labute approximate surface area is 104 Å². The largest absolute Gasteiger partial charge is 0.481 e. The number of rotatable bonds is 5. The fraction of sp³-hybridized carbons (Fsp3) is 0.462. The zero-order valence-corrected chi connectivity index (χ0v) is 9.85. The predicted molar refractivity (Wildman–Crippen MR) is 62.4 cm³/mol. The van der Waals surface area contributed by atoms with Crippen molar-refractivity contribution < 1.29 is 18.7 Å². The van der Waals surface area contributed by atoms with Crippen molar-refractivity contribution in [3.63, 3.8) is 0 Å². The molecule has 1 heterocycles. The van der Waals surface area contributed by atoms with Gasteiger partial charge in [-0.25, -0.2) is 8.78 Å². The second-order valence-corrected chi connectivity index (χ2v) is 4.70. The van der Waals surface area contributed by atoms with Gasteiger partial charge >= 0.3 is 5.97 Å². The summed E-state index contributed by atoms with van der Waals surface area (Å²) in [6.45, 7) is 2.06. The molecule has 1 aliphatic heterocycles. The van der Waals surface area contributed by atoms with E-state index in [2.05, 4.69) is 4.90 Å². The summed E-state index contributed by atoms with van der Waals surface area (Å²) in [5, 5.41) is 8.62. The van der Waals surface area contributed by atoms with Gasteiger partial charge in [-0.2, -0.15) is 0 Å². The maximum atomic E-state index is 12.5. The molecule has 1 fully saturated rings. The number of aliphatic carboxylic acids is 1. The molecule has 0 aliphatic carbocycles. The van der Waals surface area contributed by atoms with E-state index in [0.29, 0.717) is 6.54 Å². The SMILES string of the molecule is O=C(O)CC1CN(Cc2cccc(C(F)F)c2)C1. The predicted octanol–water partition coefficient (Wildman–Crippen LogP) is 2.53. The zero-order valence-electron chi connectivity index (χ0n) is 9.85. The van der Waals surface area contributed by atoms with E-state index in [9.17, 15) is 13.6 Å². The lowest BCUT2D eigenvalue weighted by Gasteiger charge is -2.38. The molecule has 0 saturated carbocycles. The van der Waals surface area contributed by atoms with Gasteiger partial charge in [0.25, 0.3) is 6.43 Å². The standard InChI is InChI=1S/C13H15F2NO2/c14-13(15)11-3-1-2-9(4-11)6-16-7-10(8-16)5-12(17)18/h1-4,10,13H,5-8H2,(H,17,18). The monoisotopic (exact) mass is 255 g/mol. The van der Waals surface area contributed by atoms with Crippen molar-refractivity contribution >= 4 is 5.97 Å². The summed E-state index contributed by atoms with van der Waals surface area (Å²) < 4.78 is 25.0. The second-order valence-electron chi connectivity index (χ2n) is 4.70. The lowest BCUT2D eigenvalue weighted by Crippen LogP contribution is -2.46. The van der Waals surface area contributed by atoms with E-state index in [1.54, 1.807) is 6.07 Å². The van der Waals surface area contributed by atoms with Crippen molar-refractivity contribution in [3.8, 4) is 0 Å². The highest BCUT2D eigenvalue weighted by molar-refractivity contribution is 5.67. The van der Waals surface area contributed by atoms with Crippen LogP contribution in [0.15, 0.2) is 24.3 Å². The number of benzene rings is 1. The molecule has 1 N–H and O–H groups in total. The summed E-state index contributed by atoms with van der Waals surface area (Å²) >= 11 is 0. The third-order valence-corrected chi connectivity index (χ3v) is 3.11. The Morgan fingerprint density at radius 2 is 2.17 bits per heavy atom. The van der Waals surface area contributed by atoms with Gasteiger partial charge < -0.3 is 5.11 Å². The van der Waals surface area contributed by atoms with Crippen molar-refractivity contribution in [1.29, 1.82) is 0 Å². The molecule has 1 aliphatic rings. The van der Waals surface area contributed by atoms with Crippen molar-refractivity contribution in [2.24, 2.45) is 5.92 Å². The van der Waals surface area contributed by atoms with Gasteiger partial charge in [-0.15, -0.1) is 0 Å². The Morgan fingerprint density at radius 3 is 2.78 bits per heavy atom. The van der Waals surface area contributed by atoms with Crippen LogP contribution in [-0.4, -0.2) is 29.1 Å². The van der Waals surface area contributed by atoms with Gasteiger partial charge in [0.05, 0.1) is 6.42 Å². The average molecular weight is 255 g/mol. The van der Waals surface area contributed by atoms with E-state index in [1.807, 2.05) is 6.07 Å². The van der Waals surface area contributed by atoms with Crippen LogP contribution >= 0.6 is 0 Å². The number of hydrogen-bond acceptors (Lipinski definition) is 2. The van der Waals surface area contributed by atoms with E-state index in [1.165, 1.54) is 12.1 Å². The molecular formula is C13H15F2NO2. The first kappa shape index (κ1) is 13.0. The maximum absolute atomic E-state index is 12.5. The highest BCUT2D eigenvalue weighted by atomic mass is 19.3. The maximum Gasteiger partial charge on any atom is 0.303 e. The average Bonchev–Trinajstić information content (AvgIpc) is 2.26. The molecule has 2 rings (SSSR count). The first-order valence-electron chi connectivity index (χ1n) is 5.85. The Kier molecular flexibility index (Phi) is 3.91. The fourth-order valence-corrected chi connectivity index (χ4v) is 2.27. The normalized spacial score (nSPS) is 16.8.